The van der Waals surface area contributed by atoms with Crippen LogP contribution in [0.25, 0.3) is 0 Å². The fourth-order valence-corrected chi connectivity index (χ4v) is 2.48. The van der Waals surface area contributed by atoms with E-state index in [1.54, 1.807) is 0 Å². The normalized spacial score (nSPS) is 23.7. The fourth-order valence-electron chi connectivity index (χ4n) is 2.48. The summed E-state index contributed by atoms with van der Waals surface area (Å²) < 4.78 is 17.5. The van der Waals surface area contributed by atoms with Crippen LogP contribution in [0.2, 0.25) is 0 Å². The van der Waals surface area contributed by atoms with E-state index in [0.29, 0.717) is 0 Å². The lowest BCUT2D eigenvalue weighted by atomic mass is 9.95. The second-order valence-corrected chi connectivity index (χ2v) is 4.98. The number of esters is 1. The van der Waals surface area contributed by atoms with Crippen LogP contribution in [0.5, 0.6) is 0 Å². The Morgan fingerprint density at radius 2 is 2.00 bits per heavy atom. The molecule has 1 fully saturated rings. The van der Waals surface area contributed by atoms with Gasteiger partial charge in [0.1, 0.15) is 5.82 Å². The third-order valence-electron chi connectivity index (χ3n) is 3.57. The number of hydrogen-bond acceptors (Lipinski definition) is 6. The number of methoxy groups -OCH3 is 1. The molecule has 2 aliphatic heterocycles. The topological polar surface area (TPSA) is 85.3 Å². The molecule has 1 saturated heterocycles. The molecular formula is C14H11FN2O5. The molecule has 0 aromatic heterocycles. The van der Waals surface area contributed by atoms with Crippen molar-refractivity contribution >= 4 is 29.2 Å². The zero-order valence-corrected chi connectivity index (χ0v) is 11.5. The summed E-state index contributed by atoms with van der Waals surface area (Å²) in [6, 6.07) is 4.93. The largest absolute Gasteiger partial charge is 0.464 e. The maximum Gasteiger partial charge on any atom is 0.356 e. The molecule has 1 aromatic rings. The fraction of sp³-hybridized carbons (Fsp3) is 0.286. The number of benzene rings is 1. The minimum atomic E-state index is -1.52. The van der Waals surface area contributed by atoms with Crippen molar-refractivity contribution in [3.63, 3.8) is 0 Å². The van der Waals surface area contributed by atoms with Crippen molar-refractivity contribution in [3.8, 4) is 0 Å². The molecule has 0 N–H and O–H groups in total. The first-order valence-corrected chi connectivity index (χ1v) is 6.43. The first-order valence-electron chi connectivity index (χ1n) is 6.43. The molecule has 7 nitrogen and oxygen atoms in total. The average Bonchev–Trinajstić information content (AvgIpc) is 3.03. The Bertz CT molecular complexity index is 700. The van der Waals surface area contributed by atoms with Gasteiger partial charge in [-0.05, 0) is 24.3 Å². The third-order valence-corrected chi connectivity index (χ3v) is 3.57. The number of ether oxygens (including phenoxy) is 1. The van der Waals surface area contributed by atoms with E-state index in [1.807, 2.05) is 0 Å². The van der Waals surface area contributed by atoms with E-state index in [0.717, 1.165) is 17.0 Å². The average molecular weight is 306 g/mol. The van der Waals surface area contributed by atoms with Gasteiger partial charge >= 0.3 is 5.97 Å². The van der Waals surface area contributed by atoms with E-state index in [-0.39, 0.29) is 24.2 Å². The van der Waals surface area contributed by atoms with Crippen LogP contribution < -0.4 is 4.90 Å². The molecule has 1 aromatic carbocycles. The summed E-state index contributed by atoms with van der Waals surface area (Å²) in [5, 5.41) is 3.55. The molecule has 0 aliphatic carbocycles. The molecule has 0 radical (unpaired) electrons. The molecule has 1 atom stereocenters. The second kappa shape index (κ2) is 4.90. The van der Waals surface area contributed by atoms with E-state index < -0.39 is 29.2 Å². The summed E-state index contributed by atoms with van der Waals surface area (Å²) in [5.41, 5.74) is -1.33. The van der Waals surface area contributed by atoms with Crippen molar-refractivity contribution in [1.29, 1.82) is 0 Å². The number of halogens is 1. The Hall–Kier alpha value is -2.77. The predicted octanol–water partition coefficient (Wildman–Crippen LogP) is 0.777. The molecule has 2 aliphatic rings. The Morgan fingerprint density at radius 3 is 2.64 bits per heavy atom. The molecule has 2 heterocycles. The first-order chi connectivity index (χ1) is 10.5. The van der Waals surface area contributed by atoms with E-state index in [9.17, 15) is 18.8 Å². The maximum absolute atomic E-state index is 13.0. The lowest BCUT2D eigenvalue weighted by molar-refractivity contribution is -0.136. The van der Waals surface area contributed by atoms with Crippen LogP contribution in [0.3, 0.4) is 0 Å². The Morgan fingerprint density at radius 1 is 1.32 bits per heavy atom. The highest BCUT2D eigenvalue weighted by molar-refractivity contribution is 6.38. The number of anilines is 1. The van der Waals surface area contributed by atoms with Gasteiger partial charge in [-0.3, -0.25) is 9.59 Å². The van der Waals surface area contributed by atoms with E-state index in [4.69, 9.17) is 4.84 Å². The van der Waals surface area contributed by atoms with Crippen LogP contribution in [-0.2, 0) is 24.0 Å². The summed E-state index contributed by atoms with van der Waals surface area (Å²) in [5.74, 6) is -2.33. The van der Waals surface area contributed by atoms with Gasteiger partial charge in [-0.1, -0.05) is 5.16 Å². The van der Waals surface area contributed by atoms with Crippen LogP contribution in [0, 0.1) is 5.82 Å². The van der Waals surface area contributed by atoms with Gasteiger partial charge in [0.2, 0.25) is 11.5 Å². The number of hydrogen-bond donors (Lipinski definition) is 0. The number of carbonyl (C=O) groups excluding carboxylic acids is 3. The number of oxime groups is 1. The van der Waals surface area contributed by atoms with E-state index >= 15 is 0 Å². The number of rotatable bonds is 2. The van der Waals surface area contributed by atoms with Crippen molar-refractivity contribution in [2.75, 3.05) is 12.0 Å². The van der Waals surface area contributed by atoms with Crippen molar-refractivity contribution < 1.29 is 28.3 Å². The van der Waals surface area contributed by atoms with Crippen LogP contribution in [0.1, 0.15) is 12.8 Å². The Labute approximate surface area is 124 Å². The molecule has 8 heteroatoms. The zero-order valence-electron chi connectivity index (χ0n) is 11.5. The van der Waals surface area contributed by atoms with Crippen LogP contribution in [-0.4, -0.2) is 36.2 Å². The number of amides is 2. The summed E-state index contributed by atoms with van der Waals surface area (Å²) >= 11 is 0. The van der Waals surface area contributed by atoms with E-state index in [1.165, 1.54) is 19.2 Å². The van der Waals surface area contributed by atoms with Crippen molar-refractivity contribution in [1.82, 2.24) is 0 Å². The van der Waals surface area contributed by atoms with Gasteiger partial charge in [0, 0.05) is 0 Å². The summed E-state index contributed by atoms with van der Waals surface area (Å²) in [6.45, 7) is 0. The SMILES string of the molecule is COC(=O)C1=NOC2(CC(=O)N(c3ccc(F)cc3)C2=O)C1. The second-order valence-electron chi connectivity index (χ2n) is 4.98. The van der Waals surface area contributed by atoms with Gasteiger partial charge in [-0.15, -0.1) is 0 Å². The molecule has 2 amide bonds. The number of imide groups is 1. The highest BCUT2D eigenvalue weighted by Crippen LogP contribution is 2.38. The molecule has 3 rings (SSSR count). The van der Waals surface area contributed by atoms with E-state index in [2.05, 4.69) is 9.89 Å². The number of nitrogens with zero attached hydrogens (tertiary/aromatic N) is 2. The van der Waals surface area contributed by atoms with Gasteiger partial charge in [-0.2, -0.15) is 0 Å². The highest BCUT2D eigenvalue weighted by Gasteiger charge is 2.58. The van der Waals surface area contributed by atoms with Gasteiger partial charge in [0.05, 0.1) is 25.6 Å². The molecule has 1 unspecified atom stereocenters. The minimum Gasteiger partial charge on any atom is -0.464 e. The molecule has 0 saturated carbocycles. The summed E-state index contributed by atoms with van der Waals surface area (Å²) in [4.78, 5) is 42.1. The van der Waals surface area contributed by atoms with Crippen LogP contribution >= 0.6 is 0 Å². The molecule has 1 spiro atoms. The summed E-state index contributed by atoms with van der Waals surface area (Å²) in [7, 11) is 1.18. The molecular weight excluding hydrogens is 295 g/mol. The van der Waals surface area contributed by atoms with Crippen molar-refractivity contribution in [3.05, 3.63) is 30.1 Å². The highest BCUT2D eigenvalue weighted by atomic mass is 19.1. The van der Waals surface area contributed by atoms with Crippen LogP contribution in [0.4, 0.5) is 10.1 Å². The van der Waals surface area contributed by atoms with Gasteiger partial charge in [-0.25, -0.2) is 14.1 Å². The van der Waals surface area contributed by atoms with Crippen LogP contribution in [0.15, 0.2) is 29.4 Å². The Kier molecular flexibility index (Phi) is 3.16. The van der Waals surface area contributed by atoms with Crippen molar-refractivity contribution in [2.24, 2.45) is 5.16 Å². The molecule has 22 heavy (non-hydrogen) atoms. The first kappa shape index (κ1) is 14.2. The van der Waals surface area contributed by atoms with Gasteiger partial charge in [0.15, 0.2) is 5.71 Å². The lowest BCUT2D eigenvalue weighted by Crippen LogP contribution is -2.41. The maximum atomic E-state index is 13.0. The smallest absolute Gasteiger partial charge is 0.356 e. The predicted molar refractivity (Wildman–Crippen MR) is 71.4 cm³/mol. The van der Waals surface area contributed by atoms with Crippen molar-refractivity contribution in [2.45, 2.75) is 18.4 Å². The quantitative estimate of drug-likeness (QED) is 0.595. The number of carbonyl (C=O) groups is 3. The summed E-state index contributed by atoms with van der Waals surface area (Å²) in [6.07, 6.45) is -0.380. The monoisotopic (exact) mass is 306 g/mol. The van der Waals surface area contributed by atoms with Gasteiger partial charge in [0.25, 0.3) is 5.91 Å². The Balaban J connectivity index is 1.87. The molecule has 114 valence electrons. The standard InChI is InChI=1S/C14H11FN2O5/c1-21-12(19)10-6-14(22-16-10)7-11(18)17(13(14)20)9-4-2-8(15)3-5-9/h2-5H,6-7H2,1H3. The van der Waals surface area contributed by atoms with Gasteiger partial charge < -0.3 is 9.57 Å². The third kappa shape index (κ3) is 2.03. The molecule has 0 bridgehead atoms. The lowest BCUT2D eigenvalue weighted by Gasteiger charge is -2.19. The zero-order chi connectivity index (χ0) is 15.9. The minimum absolute atomic E-state index is 0.0513.